The summed E-state index contributed by atoms with van der Waals surface area (Å²) in [7, 11) is 0. The second-order valence-electron chi connectivity index (χ2n) is 6.82. The van der Waals surface area contributed by atoms with E-state index in [1.165, 1.54) is 10.9 Å². The number of anilines is 1. The molecule has 3 N–H and O–H groups in total. The van der Waals surface area contributed by atoms with Gasteiger partial charge in [-0.1, -0.05) is 44.1 Å². The quantitative estimate of drug-likeness (QED) is 0.681. The van der Waals surface area contributed by atoms with E-state index in [0.717, 1.165) is 17.7 Å². The van der Waals surface area contributed by atoms with Crippen molar-refractivity contribution in [2.24, 2.45) is 0 Å². The number of H-pyrrole nitrogens is 1. The largest absolute Gasteiger partial charge is 0.361 e. The van der Waals surface area contributed by atoms with E-state index in [-0.39, 0.29) is 11.4 Å². The molecule has 6 heteroatoms. The van der Waals surface area contributed by atoms with Gasteiger partial charge in [0, 0.05) is 35.1 Å². The molecule has 24 heavy (non-hydrogen) atoms. The van der Waals surface area contributed by atoms with Crippen LogP contribution in [0, 0.1) is 0 Å². The highest BCUT2D eigenvalue weighted by molar-refractivity contribution is 5.88. The molecule has 126 valence electrons. The maximum atomic E-state index is 12.0. The van der Waals surface area contributed by atoms with Crippen molar-refractivity contribution in [3.8, 4) is 0 Å². The van der Waals surface area contributed by atoms with Gasteiger partial charge in [-0.05, 0) is 18.1 Å². The van der Waals surface area contributed by atoms with E-state index in [1.807, 2.05) is 45.2 Å². The first-order valence-electron chi connectivity index (χ1n) is 8.00. The van der Waals surface area contributed by atoms with Crippen LogP contribution in [0.1, 0.15) is 32.1 Å². The molecule has 2 amide bonds. The minimum Gasteiger partial charge on any atom is -0.361 e. The average Bonchev–Trinajstić information content (AvgIpc) is 3.14. The molecule has 0 unspecified atom stereocenters. The summed E-state index contributed by atoms with van der Waals surface area (Å²) >= 11 is 0. The standard InChI is InChI=1S/C18H22N4O2/c1-18(2,3)15-10-16(22-24-15)21-17(23)19-9-8-12-11-20-14-7-5-4-6-13(12)14/h4-7,10-11,20H,8-9H2,1-3H3,(H2,19,21,22,23). The summed E-state index contributed by atoms with van der Waals surface area (Å²) < 4.78 is 5.24. The monoisotopic (exact) mass is 326 g/mol. The topological polar surface area (TPSA) is 83.0 Å². The van der Waals surface area contributed by atoms with Gasteiger partial charge >= 0.3 is 6.03 Å². The van der Waals surface area contributed by atoms with E-state index in [9.17, 15) is 4.79 Å². The number of carbonyl (C=O) groups excluding carboxylic acids is 1. The fraction of sp³-hybridized carbons (Fsp3) is 0.333. The summed E-state index contributed by atoms with van der Waals surface area (Å²) in [6, 6.07) is 9.58. The third-order valence-electron chi connectivity index (χ3n) is 3.85. The first-order valence-corrected chi connectivity index (χ1v) is 8.00. The van der Waals surface area contributed by atoms with E-state index < -0.39 is 0 Å². The first kappa shape index (κ1) is 16.1. The van der Waals surface area contributed by atoms with Crippen LogP contribution in [0.25, 0.3) is 10.9 Å². The van der Waals surface area contributed by atoms with Crippen LogP contribution in [0.15, 0.2) is 41.1 Å². The van der Waals surface area contributed by atoms with Gasteiger partial charge in [0.2, 0.25) is 0 Å². The fourth-order valence-corrected chi connectivity index (χ4v) is 2.50. The van der Waals surface area contributed by atoms with Crippen LogP contribution in [-0.2, 0) is 11.8 Å². The Labute approximate surface area is 140 Å². The van der Waals surface area contributed by atoms with Gasteiger partial charge in [0.1, 0.15) is 5.76 Å². The number of urea groups is 1. The smallest absolute Gasteiger partial charge is 0.320 e. The summed E-state index contributed by atoms with van der Waals surface area (Å²) in [4.78, 5) is 15.2. The van der Waals surface area contributed by atoms with Crippen molar-refractivity contribution in [3.63, 3.8) is 0 Å². The SMILES string of the molecule is CC(C)(C)c1cc(NC(=O)NCCc2c[nH]c3ccccc23)no1. The Bertz CT molecular complexity index is 842. The second kappa shape index (κ2) is 6.39. The highest BCUT2D eigenvalue weighted by Crippen LogP contribution is 2.24. The molecule has 0 aliphatic carbocycles. The predicted molar refractivity (Wildman–Crippen MR) is 94.2 cm³/mol. The molecule has 3 aromatic rings. The Hall–Kier alpha value is -2.76. The fourth-order valence-electron chi connectivity index (χ4n) is 2.50. The van der Waals surface area contributed by atoms with Crippen LogP contribution in [0.2, 0.25) is 0 Å². The third-order valence-corrected chi connectivity index (χ3v) is 3.85. The van der Waals surface area contributed by atoms with E-state index in [1.54, 1.807) is 6.07 Å². The van der Waals surface area contributed by atoms with Gasteiger partial charge in [-0.25, -0.2) is 4.79 Å². The number of fused-ring (bicyclic) bond motifs is 1. The molecule has 0 saturated heterocycles. The first-order chi connectivity index (χ1) is 11.4. The van der Waals surface area contributed by atoms with Gasteiger partial charge in [-0.3, -0.25) is 5.32 Å². The number of carbonyl (C=O) groups is 1. The lowest BCUT2D eigenvalue weighted by Gasteiger charge is -2.12. The second-order valence-corrected chi connectivity index (χ2v) is 6.82. The average molecular weight is 326 g/mol. The Balaban J connectivity index is 1.52. The lowest BCUT2D eigenvalue weighted by atomic mass is 9.93. The molecule has 6 nitrogen and oxygen atoms in total. The van der Waals surface area contributed by atoms with E-state index in [4.69, 9.17) is 4.52 Å². The normalized spacial score (nSPS) is 11.6. The van der Waals surface area contributed by atoms with Crippen molar-refractivity contribution >= 4 is 22.8 Å². The van der Waals surface area contributed by atoms with Crippen molar-refractivity contribution in [1.29, 1.82) is 0 Å². The minimum atomic E-state index is -0.288. The van der Waals surface area contributed by atoms with Gasteiger partial charge in [0.25, 0.3) is 0 Å². The van der Waals surface area contributed by atoms with E-state index >= 15 is 0 Å². The van der Waals surface area contributed by atoms with Gasteiger partial charge in [0.15, 0.2) is 5.82 Å². The number of nitrogens with zero attached hydrogens (tertiary/aromatic N) is 1. The molecular formula is C18H22N4O2. The van der Waals surface area contributed by atoms with Crippen LogP contribution in [0.5, 0.6) is 0 Å². The van der Waals surface area contributed by atoms with Gasteiger partial charge in [-0.15, -0.1) is 0 Å². The van der Waals surface area contributed by atoms with E-state index in [0.29, 0.717) is 12.4 Å². The summed E-state index contributed by atoms with van der Waals surface area (Å²) in [5.41, 5.74) is 2.15. The highest BCUT2D eigenvalue weighted by Gasteiger charge is 2.20. The Morgan fingerprint density at radius 3 is 2.83 bits per heavy atom. The molecule has 0 radical (unpaired) electrons. The number of aromatic amines is 1. The Morgan fingerprint density at radius 1 is 1.29 bits per heavy atom. The maximum Gasteiger partial charge on any atom is 0.320 e. The molecule has 0 aliphatic heterocycles. The van der Waals surface area contributed by atoms with Crippen molar-refractivity contribution in [1.82, 2.24) is 15.5 Å². The zero-order chi connectivity index (χ0) is 17.2. The number of rotatable bonds is 4. The minimum absolute atomic E-state index is 0.140. The number of amides is 2. The van der Waals surface area contributed by atoms with Gasteiger partial charge < -0.3 is 14.8 Å². The zero-order valence-corrected chi connectivity index (χ0v) is 14.1. The van der Waals surface area contributed by atoms with Crippen LogP contribution >= 0.6 is 0 Å². The summed E-state index contributed by atoms with van der Waals surface area (Å²) in [5, 5.41) is 10.6. The molecular weight excluding hydrogens is 304 g/mol. The van der Waals surface area contributed by atoms with Crippen molar-refractivity contribution in [2.75, 3.05) is 11.9 Å². The number of hydrogen-bond donors (Lipinski definition) is 3. The number of aromatic nitrogens is 2. The van der Waals surface area contributed by atoms with Gasteiger partial charge in [-0.2, -0.15) is 0 Å². The van der Waals surface area contributed by atoms with Gasteiger partial charge in [0.05, 0.1) is 0 Å². The molecule has 0 bridgehead atoms. The molecule has 2 heterocycles. The number of hydrogen-bond acceptors (Lipinski definition) is 3. The Kier molecular flexibility index (Phi) is 4.29. The molecule has 0 fully saturated rings. The molecule has 0 spiro atoms. The van der Waals surface area contributed by atoms with Crippen LogP contribution in [0.3, 0.4) is 0 Å². The molecule has 0 atom stereocenters. The lowest BCUT2D eigenvalue weighted by Crippen LogP contribution is -2.30. The van der Waals surface area contributed by atoms with Crippen LogP contribution in [-0.4, -0.2) is 22.7 Å². The summed E-state index contributed by atoms with van der Waals surface area (Å²) in [6.45, 7) is 6.62. The number of benzene rings is 1. The molecule has 0 aliphatic rings. The number of para-hydroxylation sites is 1. The zero-order valence-electron chi connectivity index (χ0n) is 14.1. The molecule has 3 rings (SSSR count). The molecule has 2 aromatic heterocycles. The highest BCUT2D eigenvalue weighted by atomic mass is 16.5. The van der Waals surface area contributed by atoms with Crippen molar-refractivity contribution in [2.45, 2.75) is 32.6 Å². The number of nitrogens with one attached hydrogen (secondary N) is 3. The molecule has 1 aromatic carbocycles. The van der Waals surface area contributed by atoms with Crippen LogP contribution < -0.4 is 10.6 Å². The Morgan fingerprint density at radius 2 is 2.08 bits per heavy atom. The van der Waals surface area contributed by atoms with Crippen molar-refractivity contribution in [3.05, 3.63) is 47.9 Å². The predicted octanol–water partition coefficient (Wildman–Crippen LogP) is 3.82. The van der Waals surface area contributed by atoms with E-state index in [2.05, 4.69) is 26.8 Å². The summed E-state index contributed by atoms with van der Waals surface area (Å²) in [5.74, 6) is 1.15. The van der Waals surface area contributed by atoms with Crippen molar-refractivity contribution < 1.29 is 9.32 Å². The van der Waals surface area contributed by atoms with Crippen LogP contribution in [0.4, 0.5) is 10.6 Å². The molecule has 0 saturated carbocycles. The maximum absolute atomic E-state index is 12.0. The lowest BCUT2D eigenvalue weighted by molar-refractivity contribution is 0.252. The summed E-state index contributed by atoms with van der Waals surface area (Å²) in [6.07, 6.45) is 2.74. The third kappa shape index (κ3) is 3.59.